The summed E-state index contributed by atoms with van der Waals surface area (Å²) in [5, 5.41) is 3.34. The summed E-state index contributed by atoms with van der Waals surface area (Å²) in [5.74, 6) is -0.0163. The van der Waals surface area contributed by atoms with Gasteiger partial charge in [0.2, 0.25) is 6.10 Å². The van der Waals surface area contributed by atoms with Crippen LogP contribution in [0.2, 0.25) is 5.02 Å². The molecule has 0 aromatic heterocycles. The topological polar surface area (TPSA) is 73.9 Å². The zero-order chi connectivity index (χ0) is 18.5. The minimum absolute atomic E-state index is 0.0381. The highest BCUT2D eigenvalue weighted by Crippen LogP contribution is 2.31. The van der Waals surface area contributed by atoms with E-state index in [9.17, 15) is 9.59 Å². The van der Waals surface area contributed by atoms with Gasteiger partial charge in [-0.1, -0.05) is 35.9 Å². The van der Waals surface area contributed by atoms with Gasteiger partial charge in [0.15, 0.2) is 18.1 Å². The third-order valence-corrected chi connectivity index (χ3v) is 4.08. The zero-order valence-electron chi connectivity index (χ0n) is 14.1. The van der Waals surface area contributed by atoms with Crippen LogP contribution < -0.4 is 14.8 Å². The van der Waals surface area contributed by atoms with Crippen molar-refractivity contribution >= 4 is 23.5 Å². The van der Waals surface area contributed by atoms with Gasteiger partial charge < -0.3 is 19.5 Å². The van der Waals surface area contributed by atoms with Crippen LogP contribution in [0.1, 0.15) is 18.5 Å². The Balaban J connectivity index is 1.48. The smallest absolute Gasteiger partial charge is 0.351 e. The van der Waals surface area contributed by atoms with E-state index in [-0.39, 0.29) is 12.6 Å². The Labute approximate surface area is 156 Å². The number of benzene rings is 2. The molecule has 0 saturated heterocycles. The zero-order valence-corrected chi connectivity index (χ0v) is 14.9. The SMILES string of the molecule is C[C@H](NC(=O)COC(=O)[C@@H]1COc2ccccc2O1)c1cccc(Cl)c1. The molecule has 1 aliphatic heterocycles. The summed E-state index contributed by atoms with van der Waals surface area (Å²) in [7, 11) is 0. The van der Waals surface area contributed by atoms with Gasteiger partial charge in [-0.2, -0.15) is 0 Å². The van der Waals surface area contributed by atoms with Gasteiger partial charge in [0.1, 0.15) is 6.61 Å². The average molecular weight is 376 g/mol. The lowest BCUT2D eigenvalue weighted by Gasteiger charge is -2.24. The summed E-state index contributed by atoms with van der Waals surface area (Å²) in [4.78, 5) is 24.1. The molecule has 1 aliphatic rings. The molecule has 0 fully saturated rings. The number of amides is 1. The van der Waals surface area contributed by atoms with Crippen LogP contribution in [-0.4, -0.2) is 31.2 Å². The van der Waals surface area contributed by atoms with Gasteiger partial charge in [-0.25, -0.2) is 4.79 Å². The molecule has 1 heterocycles. The van der Waals surface area contributed by atoms with Gasteiger partial charge in [-0.05, 0) is 36.8 Å². The van der Waals surface area contributed by atoms with Crippen molar-refractivity contribution in [2.24, 2.45) is 0 Å². The van der Waals surface area contributed by atoms with Crippen LogP contribution in [0, 0.1) is 0 Å². The van der Waals surface area contributed by atoms with Crippen molar-refractivity contribution < 1.29 is 23.8 Å². The van der Waals surface area contributed by atoms with E-state index in [0.29, 0.717) is 16.5 Å². The minimum Gasteiger partial charge on any atom is -0.485 e. The van der Waals surface area contributed by atoms with Crippen LogP contribution in [0.25, 0.3) is 0 Å². The first kappa shape index (κ1) is 18.1. The highest BCUT2D eigenvalue weighted by Gasteiger charge is 2.29. The molecule has 2 aromatic rings. The van der Waals surface area contributed by atoms with E-state index >= 15 is 0 Å². The summed E-state index contributed by atoms with van der Waals surface area (Å²) in [6.07, 6.45) is -0.900. The van der Waals surface area contributed by atoms with Crippen molar-refractivity contribution in [2.75, 3.05) is 13.2 Å². The largest absolute Gasteiger partial charge is 0.485 e. The number of carbonyl (C=O) groups excluding carboxylic acids is 2. The van der Waals surface area contributed by atoms with Crippen LogP contribution in [0.3, 0.4) is 0 Å². The van der Waals surface area contributed by atoms with Crippen LogP contribution in [0.4, 0.5) is 0 Å². The molecule has 0 saturated carbocycles. The van der Waals surface area contributed by atoms with E-state index in [2.05, 4.69) is 5.32 Å². The van der Waals surface area contributed by atoms with Crippen molar-refractivity contribution in [2.45, 2.75) is 19.1 Å². The van der Waals surface area contributed by atoms with E-state index in [1.54, 1.807) is 36.4 Å². The molecule has 2 aromatic carbocycles. The summed E-state index contributed by atoms with van der Waals surface area (Å²) in [5.41, 5.74) is 0.859. The van der Waals surface area contributed by atoms with Gasteiger partial charge in [0.25, 0.3) is 5.91 Å². The number of ether oxygens (including phenoxy) is 3. The number of rotatable bonds is 5. The number of fused-ring (bicyclic) bond motifs is 1. The Morgan fingerprint density at radius 3 is 2.77 bits per heavy atom. The molecule has 7 heteroatoms. The normalized spacial score (nSPS) is 16.5. The number of halogens is 1. The molecule has 0 aliphatic carbocycles. The summed E-state index contributed by atoms with van der Waals surface area (Å²) >= 11 is 5.94. The standard InChI is InChI=1S/C19H18ClNO5/c1-12(13-5-4-6-14(20)9-13)21-18(22)11-25-19(23)17-10-24-15-7-2-3-8-16(15)26-17/h2-9,12,17H,10-11H2,1H3,(H,21,22)/t12-,17-/m0/s1. The number of esters is 1. The first-order valence-electron chi connectivity index (χ1n) is 8.13. The predicted octanol–water partition coefficient (Wildman–Crippen LogP) is 2.90. The highest BCUT2D eigenvalue weighted by atomic mass is 35.5. The Morgan fingerprint density at radius 1 is 1.23 bits per heavy atom. The molecule has 1 N–H and O–H groups in total. The third kappa shape index (κ3) is 4.46. The fourth-order valence-electron chi connectivity index (χ4n) is 2.51. The Bertz CT molecular complexity index is 810. The molecule has 1 amide bonds. The van der Waals surface area contributed by atoms with Crippen molar-refractivity contribution in [3.8, 4) is 11.5 Å². The number of hydrogen-bond acceptors (Lipinski definition) is 5. The van der Waals surface area contributed by atoms with Gasteiger partial charge in [0.05, 0.1) is 6.04 Å². The van der Waals surface area contributed by atoms with Crippen LogP contribution in [-0.2, 0) is 14.3 Å². The molecule has 3 rings (SSSR count). The second kappa shape index (κ2) is 8.10. The molecule has 26 heavy (non-hydrogen) atoms. The molecule has 0 bridgehead atoms. The second-order valence-corrected chi connectivity index (χ2v) is 6.25. The fourth-order valence-corrected chi connectivity index (χ4v) is 2.71. The summed E-state index contributed by atoms with van der Waals surface area (Å²) in [6, 6.07) is 14.0. The number of carbonyl (C=O) groups is 2. The van der Waals surface area contributed by atoms with Crippen molar-refractivity contribution in [1.82, 2.24) is 5.32 Å². The molecular formula is C19H18ClNO5. The molecular weight excluding hydrogens is 358 g/mol. The number of para-hydroxylation sites is 2. The van der Waals surface area contributed by atoms with Crippen LogP contribution in [0.5, 0.6) is 11.5 Å². The van der Waals surface area contributed by atoms with Crippen LogP contribution in [0.15, 0.2) is 48.5 Å². The van der Waals surface area contributed by atoms with Crippen molar-refractivity contribution in [3.05, 3.63) is 59.1 Å². The highest BCUT2D eigenvalue weighted by molar-refractivity contribution is 6.30. The van der Waals surface area contributed by atoms with Gasteiger partial charge in [-0.15, -0.1) is 0 Å². The Hall–Kier alpha value is -2.73. The number of nitrogens with one attached hydrogen (secondary N) is 1. The first-order valence-corrected chi connectivity index (χ1v) is 8.50. The molecule has 6 nitrogen and oxygen atoms in total. The van der Waals surface area contributed by atoms with Gasteiger partial charge in [-0.3, -0.25) is 4.79 Å². The lowest BCUT2D eigenvalue weighted by molar-refractivity contribution is -0.157. The van der Waals surface area contributed by atoms with E-state index in [1.807, 2.05) is 19.1 Å². The maximum Gasteiger partial charge on any atom is 0.351 e. The Morgan fingerprint density at radius 2 is 2.00 bits per heavy atom. The number of hydrogen-bond donors (Lipinski definition) is 1. The Kier molecular flexibility index (Phi) is 5.63. The van der Waals surface area contributed by atoms with Crippen molar-refractivity contribution in [1.29, 1.82) is 0 Å². The van der Waals surface area contributed by atoms with E-state index in [1.165, 1.54) is 0 Å². The summed E-state index contributed by atoms with van der Waals surface area (Å²) in [6.45, 7) is 1.46. The van der Waals surface area contributed by atoms with Gasteiger partial charge in [0, 0.05) is 5.02 Å². The minimum atomic E-state index is -0.900. The van der Waals surface area contributed by atoms with Crippen LogP contribution >= 0.6 is 11.6 Å². The first-order chi connectivity index (χ1) is 12.5. The summed E-state index contributed by atoms with van der Waals surface area (Å²) < 4.78 is 16.0. The maximum absolute atomic E-state index is 12.1. The van der Waals surface area contributed by atoms with E-state index in [4.69, 9.17) is 25.8 Å². The monoisotopic (exact) mass is 375 g/mol. The lowest BCUT2D eigenvalue weighted by Crippen LogP contribution is -2.40. The molecule has 2 atom stereocenters. The quantitative estimate of drug-likeness (QED) is 0.813. The average Bonchev–Trinajstić information content (AvgIpc) is 2.65. The maximum atomic E-state index is 12.1. The fraction of sp³-hybridized carbons (Fsp3) is 0.263. The molecule has 0 radical (unpaired) electrons. The lowest BCUT2D eigenvalue weighted by atomic mass is 10.1. The molecule has 0 spiro atoms. The predicted molar refractivity (Wildman–Crippen MR) is 95.3 cm³/mol. The molecule has 136 valence electrons. The van der Waals surface area contributed by atoms with E-state index < -0.39 is 24.6 Å². The second-order valence-electron chi connectivity index (χ2n) is 5.82. The van der Waals surface area contributed by atoms with E-state index in [0.717, 1.165) is 5.56 Å². The molecule has 0 unspecified atom stereocenters. The van der Waals surface area contributed by atoms with Gasteiger partial charge >= 0.3 is 5.97 Å². The van der Waals surface area contributed by atoms with Crippen molar-refractivity contribution in [3.63, 3.8) is 0 Å². The third-order valence-electron chi connectivity index (χ3n) is 3.84.